The first kappa shape index (κ1) is 20.4. The number of nitrogens with one attached hydrogen (secondary N) is 2. The molecule has 0 amide bonds. The fourth-order valence-corrected chi connectivity index (χ4v) is 4.66. The molecule has 0 saturated heterocycles. The van der Waals surface area contributed by atoms with E-state index in [2.05, 4.69) is 60.3 Å². The third-order valence-electron chi connectivity index (χ3n) is 5.94. The number of nitrogens with zero attached hydrogens (tertiary/aromatic N) is 3. The van der Waals surface area contributed by atoms with Gasteiger partial charge < -0.3 is 10.3 Å². The molecule has 3 aromatic rings. The van der Waals surface area contributed by atoms with Crippen molar-refractivity contribution in [2.45, 2.75) is 46.5 Å². The van der Waals surface area contributed by atoms with E-state index in [9.17, 15) is 4.79 Å². The van der Waals surface area contributed by atoms with Gasteiger partial charge in [0.1, 0.15) is 11.6 Å². The van der Waals surface area contributed by atoms with Crippen molar-refractivity contribution in [3.63, 3.8) is 0 Å². The van der Waals surface area contributed by atoms with Crippen LogP contribution in [0.15, 0.2) is 47.9 Å². The summed E-state index contributed by atoms with van der Waals surface area (Å²) in [5.74, 6) is 1.69. The molecule has 2 aromatic heterocycles. The zero-order valence-corrected chi connectivity index (χ0v) is 18.4. The Balaban J connectivity index is 0.00000218. The molecule has 1 aliphatic heterocycles. The van der Waals surface area contributed by atoms with E-state index in [4.69, 9.17) is 5.10 Å². The van der Waals surface area contributed by atoms with Gasteiger partial charge in [-0.05, 0) is 37.8 Å². The van der Waals surface area contributed by atoms with Crippen LogP contribution in [0.25, 0.3) is 5.69 Å². The summed E-state index contributed by atoms with van der Waals surface area (Å²) in [6, 6.07) is 8.32. The number of hydrogen-bond donors (Lipinski definition) is 2. The van der Waals surface area contributed by atoms with Crippen molar-refractivity contribution in [2.75, 3.05) is 5.32 Å². The third kappa shape index (κ3) is 3.16. The largest absolute Gasteiger partial charge is 0.348 e. The number of imidazole rings is 1. The maximum Gasteiger partial charge on any atom is 0.162 e. The van der Waals surface area contributed by atoms with Gasteiger partial charge >= 0.3 is 0 Å². The van der Waals surface area contributed by atoms with Gasteiger partial charge in [-0.1, -0.05) is 31.5 Å². The van der Waals surface area contributed by atoms with Gasteiger partial charge in [-0.25, -0.2) is 9.67 Å². The number of anilines is 1. The molecule has 3 heterocycles. The van der Waals surface area contributed by atoms with Crippen LogP contribution in [0.1, 0.15) is 55.3 Å². The number of fused-ring (bicyclic) bond motifs is 1. The van der Waals surface area contributed by atoms with E-state index >= 15 is 0 Å². The normalized spacial score (nSPS) is 19.6. The molecule has 0 saturated carbocycles. The summed E-state index contributed by atoms with van der Waals surface area (Å²) >= 11 is 0. The van der Waals surface area contributed by atoms with Crippen LogP contribution < -0.4 is 5.32 Å². The summed E-state index contributed by atoms with van der Waals surface area (Å²) in [4.78, 5) is 21.0. The number of benzene rings is 1. The van der Waals surface area contributed by atoms with Crippen LogP contribution in [-0.2, 0) is 4.79 Å². The highest BCUT2D eigenvalue weighted by Crippen LogP contribution is 2.49. The van der Waals surface area contributed by atoms with Crippen molar-refractivity contribution in [2.24, 2.45) is 5.41 Å². The van der Waals surface area contributed by atoms with E-state index in [0.29, 0.717) is 6.42 Å². The van der Waals surface area contributed by atoms with E-state index in [1.807, 2.05) is 17.8 Å². The lowest BCUT2D eigenvalue weighted by molar-refractivity contribution is -0.118. The number of aryl methyl sites for hydroxylation is 2. The molecule has 30 heavy (non-hydrogen) atoms. The third-order valence-corrected chi connectivity index (χ3v) is 5.94. The second-order valence-corrected chi connectivity index (χ2v) is 8.96. The highest BCUT2D eigenvalue weighted by molar-refractivity contribution is 6.01. The van der Waals surface area contributed by atoms with E-state index in [-0.39, 0.29) is 29.5 Å². The maximum atomic E-state index is 13.2. The Morgan fingerprint density at radius 2 is 1.87 bits per heavy atom. The lowest BCUT2D eigenvalue weighted by Gasteiger charge is -2.38. The maximum absolute atomic E-state index is 13.2. The van der Waals surface area contributed by atoms with Gasteiger partial charge in [-0.2, -0.15) is 5.10 Å². The number of aromatic nitrogens is 4. The van der Waals surface area contributed by atoms with Crippen molar-refractivity contribution < 1.29 is 4.79 Å². The second kappa shape index (κ2) is 7.13. The smallest absolute Gasteiger partial charge is 0.162 e. The van der Waals surface area contributed by atoms with Gasteiger partial charge in [0.25, 0.3) is 0 Å². The van der Waals surface area contributed by atoms with Gasteiger partial charge in [0.05, 0.1) is 17.3 Å². The summed E-state index contributed by atoms with van der Waals surface area (Å²) in [6.07, 6.45) is 4.93. The van der Waals surface area contributed by atoms with Crippen molar-refractivity contribution >= 4 is 24.0 Å². The number of carbonyl (C=O) groups is 1. The first-order valence-electron chi connectivity index (χ1n) is 10.0. The molecule has 1 aromatic carbocycles. The number of Topliss-reactive ketones (excluding diaryl/α,β-unsaturated/α-hetero) is 1. The number of halogens is 1. The van der Waals surface area contributed by atoms with Crippen LogP contribution >= 0.6 is 12.4 Å². The van der Waals surface area contributed by atoms with Crippen molar-refractivity contribution in [1.29, 1.82) is 0 Å². The van der Waals surface area contributed by atoms with Crippen molar-refractivity contribution in [3.8, 4) is 5.69 Å². The predicted octanol–water partition coefficient (Wildman–Crippen LogP) is 4.83. The Morgan fingerprint density at radius 1 is 1.13 bits per heavy atom. The number of rotatable bonds is 2. The quantitative estimate of drug-likeness (QED) is 0.618. The Kier molecular flexibility index (Phi) is 4.85. The molecule has 2 N–H and O–H groups in total. The minimum Gasteiger partial charge on any atom is -0.348 e. The lowest BCUT2D eigenvalue weighted by Crippen LogP contribution is -2.34. The molecule has 1 aliphatic carbocycles. The first-order chi connectivity index (χ1) is 13.8. The molecular weight excluding hydrogens is 398 g/mol. The number of hydrogen-bond acceptors (Lipinski definition) is 4. The minimum atomic E-state index is -0.223. The average molecular weight is 424 g/mol. The van der Waals surface area contributed by atoms with Crippen LogP contribution in [0, 0.1) is 19.3 Å². The molecule has 6 nitrogen and oxygen atoms in total. The van der Waals surface area contributed by atoms with Crippen LogP contribution in [0.3, 0.4) is 0 Å². The Labute approximate surface area is 182 Å². The van der Waals surface area contributed by atoms with Crippen LogP contribution in [0.4, 0.5) is 5.82 Å². The van der Waals surface area contributed by atoms with Gasteiger partial charge in [0.15, 0.2) is 5.78 Å². The predicted molar refractivity (Wildman–Crippen MR) is 119 cm³/mol. The summed E-state index contributed by atoms with van der Waals surface area (Å²) in [5, 5.41) is 8.44. The van der Waals surface area contributed by atoms with Gasteiger partial charge in [-0.15, -0.1) is 12.4 Å². The number of allylic oxidation sites excluding steroid dienone is 2. The molecule has 2 aliphatic rings. The second-order valence-electron chi connectivity index (χ2n) is 8.96. The molecule has 1 atom stereocenters. The molecule has 5 rings (SSSR count). The Hall–Kier alpha value is -2.86. The Morgan fingerprint density at radius 3 is 2.53 bits per heavy atom. The molecule has 156 valence electrons. The Bertz CT molecular complexity index is 1140. The first-order valence-corrected chi connectivity index (χ1v) is 10.0. The van der Waals surface area contributed by atoms with E-state index in [1.54, 1.807) is 6.20 Å². The SMILES string of the molecule is Cc1ccc(-n2nc(C)c3c2NC2=C(C(=O)CC(C)(C)C2)C3c2ncc[nH]2)cc1.Cl. The number of ketones is 1. The fourth-order valence-electron chi connectivity index (χ4n) is 4.66. The molecule has 7 heteroatoms. The average Bonchev–Trinajstić information content (AvgIpc) is 3.28. The molecular formula is C23H26ClN5O. The summed E-state index contributed by atoms with van der Waals surface area (Å²) < 4.78 is 1.95. The molecule has 1 unspecified atom stereocenters. The number of carbonyl (C=O) groups excluding carboxylic acids is 1. The zero-order valence-electron chi connectivity index (χ0n) is 17.6. The number of aromatic amines is 1. The monoisotopic (exact) mass is 423 g/mol. The standard InChI is InChI=1S/C23H25N5O.ClH/c1-13-5-7-15(8-6-13)28-22-18(14(2)27-28)20(21-24-9-10-25-21)19-16(26-22)11-23(3,4)12-17(19)29;/h5-10,20,26H,11-12H2,1-4H3,(H,24,25);1H. The molecule has 0 radical (unpaired) electrons. The fraction of sp³-hybridized carbons (Fsp3) is 0.348. The molecule has 0 bridgehead atoms. The van der Waals surface area contributed by atoms with Crippen LogP contribution in [0.5, 0.6) is 0 Å². The molecule has 0 spiro atoms. The summed E-state index contributed by atoms with van der Waals surface area (Å²) in [7, 11) is 0. The van der Waals surface area contributed by atoms with Crippen molar-refractivity contribution in [1.82, 2.24) is 19.7 Å². The number of H-pyrrole nitrogens is 1. The van der Waals surface area contributed by atoms with Crippen LogP contribution in [0.2, 0.25) is 0 Å². The minimum absolute atomic E-state index is 0. The van der Waals surface area contributed by atoms with Gasteiger partial charge in [0.2, 0.25) is 0 Å². The topological polar surface area (TPSA) is 75.6 Å². The molecule has 0 fully saturated rings. The van der Waals surface area contributed by atoms with E-state index < -0.39 is 0 Å². The van der Waals surface area contributed by atoms with Gasteiger partial charge in [-0.3, -0.25) is 4.79 Å². The highest BCUT2D eigenvalue weighted by atomic mass is 35.5. The van der Waals surface area contributed by atoms with E-state index in [0.717, 1.165) is 46.3 Å². The van der Waals surface area contributed by atoms with Crippen LogP contribution in [-0.4, -0.2) is 25.5 Å². The van der Waals surface area contributed by atoms with Crippen molar-refractivity contribution in [3.05, 3.63) is 70.6 Å². The highest BCUT2D eigenvalue weighted by Gasteiger charge is 2.43. The summed E-state index contributed by atoms with van der Waals surface area (Å²) in [6.45, 7) is 8.38. The summed E-state index contributed by atoms with van der Waals surface area (Å²) in [5.41, 5.74) is 5.88. The zero-order chi connectivity index (χ0) is 20.3. The van der Waals surface area contributed by atoms with Gasteiger partial charge in [0, 0.05) is 35.6 Å². The lowest BCUT2D eigenvalue weighted by atomic mass is 9.70. The van der Waals surface area contributed by atoms with E-state index in [1.165, 1.54) is 5.56 Å².